The van der Waals surface area contributed by atoms with Crippen LogP contribution in [0.5, 0.6) is 5.88 Å². The van der Waals surface area contributed by atoms with Crippen molar-refractivity contribution in [2.45, 2.75) is 6.43 Å². The van der Waals surface area contributed by atoms with Crippen molar-refractivity contribution >= 4 is 6.29 Å². The highest BCUT2D eigenvalue weighted by atomic mass is 19.3. The van der Waals surface area contributed by atoms with E-state index < -0.39 is 23.5 Å². The van der Waals surface area contributed by atoms with Crippen LogP contribution in [0.3, 0.4) is 0 Å². The Balaban J connectivity index is 3.35. The number of alkyl halides is 2. The number of carbonyl (C=O) groups excluding carboxylic acids is 1. The minimum atomic E-state index is -3.01. The number of hydrogen-bond donors (Lipinski definition) is 0. The SMILES string of the molecule is COc1cc(F)c(C=O)c(C(F)F)n1. The Morgan fingerprint density at radius 3 is 2.64 bits per heavy atom. The van der Waals surface area contributed by atoms with E-state index in [1.54, 1.807) is 0 Å². The number of rotatable bonds is 3. The molecule has 3 nitrogen and oxygen atoms in total. The largest absolute Gasteiger partial charge is 0.481 e. The van der Waals surface area contributed by atoms with Gasteiger partial charge in [-0.15, -0.1) is 0 Å². The van der Waals surface area contributed by atoms with Crippen LogP contribution in [-0.2, 0) is 0 Å². The second-order valence-corrected chi connectivity index (χ2v) is 2.36. The Morgan fingerprint density at radius 2 is 2.21 bits per heavy atom. The van der Waals surface area contributed by atoms with Gasteiger partial charge >= 0.3 is 0 Å². The second kappa shape index (κ2) is 4.08. The van der Waals surface area contributed by atoms with Crippen molar-refractivity contribution in [2.75, 3.05) is 7.11 Å². The number of aldehydes is 1. The van der Waals surface area contributed by atoms with Gasteiger partial charge in [0.25, 0.3) is 6.43 Å². The molecule has 0 atom stereocenters. The average Bonchev–Trinajstić information content (AvgIpc) is 2.16. The molecule has 0 aliphatic rings. The third-order valence-corrected chi connectivity index (χ3v) is 1.55. The zero-order valence-corrected chi connectivity index (χ0v) is 7.13. The zero-order valence-electron chi connectivity index (χ0n) is 7.13. The molecule has 1 aromatic rings. The molecule has 1 heterocycles. The van der Waals surface area contributed by atoms with Gasteiger partial charge < -0.3 is 4.74 Å². The fourth-order valence-corrected chi connectivity index (χ4v) is 0.907. The fourth-order valence-electron chi connectivity index (χ4n) is 0.907. The Hall–Kier alpha value is -1.59. The number of ether oxygens (including phenoxy) is 1. The molecule has 1 aromatic heterocycles. The topological polar surface area (TPSA) is 39.2 Å². The van der Waals surface area contributed by atoms with Crippen molar-refractivity contribution in [1.82, 2.24) is 4.98 Å². The number of pyridine rings is 1. The minimum absolute atomic E-state index is 0.00324. The summed E-state index contributed by atoms with van der Waals surface area (Å²) in [5.41, 5.74) is -1.64. The van der Waals surface area contributed by atoms with E-state index in [1.165, 1.54) is 0 Å². The standard InChI is InChI=1S/C8H6F3NO2/c1-14-6-2-5(9)4(3-13)7(12-6)8(10)11/h2-3,8H,1H3. The lowest BCUT2D eigenvalue weighted by Crippen LogP contribution is -2.03. The summed E-state index contributed by atoms with van der Waals surface area (Å²) >= 11 is 0. The predicted octanol–water partition coefficient (Wildman–Crippen LogP) is 1.98. The van der Waals surface area contributed by atoms with Gasteiger partial charge in [-0.3, -0.25) is 4.79 Å². The number of halogens is 3. The molecule has 0 aliphatic carbocycles. The van der Waals surface area contributed by atoms with Crippen molar-refractivity contribution < 1.29 is 22.7 Å². The summed E-state index contributed by atoms with van der Waals surface area (Å²) in [6, 6.07) is 0.773. The highest BCUT2D eigenvalue weighted by Crippen LogP contribution is 2.24. The van der Waals surface area contributed by atoms with E-state index in [0.29, 0.717) is 0 Å². The molecule has 0 spiro atoms. The van der Waals surface area contributed by atoms with Gasteiger partial charge in [-0.1, -0.05) is 0 Å². The molecule has 0 fully saturated rings. The predicted molar refractivity (Wildman–Crippen MR) is 41.1 cm³/mol. The molecule has 1 rings (SSSR count). The molecule has 0 bridgehead atoms. The van der Waals surface area contributed by atoms with Crippen LogP contribution in [0.2, 0.25) is 0 Å². The van der Waals surface area contributed by atoms with Crippen molar-refractivity contribution in [2.24, 2.45) is 0 Å². The van der Waals surface area contributed by atoms with E-state index in [9.17, 15) is 18.0 Å². The number of hydrogen-bond acceptors (Lipinski definition) is 3. The van der Waals surface area contributed by atoms with Crippen molar-refractivity contribution in [1.29, 1.82) is 0 Å². The van der Waals surface area contributed by atoms with Gasteiger partial charge in [0.2, 0.25) is 5.88 Å². The minimum Gasteiger partial charge on any atom is -0.481 e. The maximum Gasteiger partial charge on any atom is 0.281 e. The third kappa shape index (κ3) is 1.84. The molecule has 0 unspecified atom stereocenters. The molecule has 0 radical (unpaired) electrons. The Labute approximate surface area is 77.5 Å². The van der Waals surface area contributed by atoms with Gasteiger partial charge in [-0.05, 0) is 0 Å². The second-order valence-electron chi connectivity index (χ2n) is 2.36. The summed E-state index contributed by atoms with van der Waals surface area (Å²) in [5, 5.41) is 0. The van der Waals surface area contributed by atoms with E-state index in [1.807, 2.05) is 0 Å². The zero-order chi connectivity index (χ0) is 10.7. The van der Waals surface area contributed by atoms with Crippen molar-refractivity contribution in [3.05, 3.63) is 23.1 Å². The molecule has 76 valence electrons. The number of aromatic nitrogens is 1. The monoisotopic (exact) mass is 205 g/mol. The van der Waals surface area contributed by atoms with Crippen molar-refractivity contribution in [3.8, 4) is 5.88 Å². The van der Waals surface area contributed by atoms with Crippen molar-refractivity contribution in [3.63, 3.8) is 0 Å². The lowest BCUT2D eigenvalue weighted by atomic mass is 10.2. The lowest BCUT2D eigenvalue weighted by Gasteiger charge is -2.06. The maximum absolute atomic E-state index is 13.0. The smallest absolute Gasteiger partial charge is 0.281 e. The molecule has 0 N–H and O–H groups in total. The lowest BCUT2D eigenvalue weighted by molar-refractivity contribution is 0.109. The third-order valence-electron chi connectivity index (χ3n) is 1.55. The van der Waals surface area contributed by atoms with Crippen LogP contribution in [0.4, 0.5) is 13.2 Å². The summed E-state index contributed by atoms with van der Waals surface area (Å²) in [6.45, 7) is 0. The van der Waals surface area contributed by atoms with Crippen LogP contribution >= 0.6 is 0 Å². The van der Waals surface area contributed by atoms with E-state index in [2.05, 4.69) is 9.72 Å². The summed E-state index contributed by atoms with van der Waals surface area (Å²) in [7, 11) is 1.16. The van der Waals surface area contributed by atoms with E-state index in [4.69, 9.17) is 0 Å². The van der Waals surface area contributed by atoms with Gasteiger partial charge in [0.15, 0.2) is 6.29 Å². The molecule has 0 saturated carbocycles. The van der Waals surface area contributed by atoms with Crippen LogP contribution in [0.1, 0.15) is 22.5 Å². The first-order valence-electron chi connectivity index (χ1n) is 3.58. The van der Waals surface area contributed by atoms with Crippen LogP contribution < -0.4 is 4.74 Å². The number of carbonyl (C=O) groups is 1. The summed E-state index contributed by atoms with van der Waals surface area (Å²) in [4.78, 5) is 13.6. The van der Waals surface area contributed by atoms with Crippen LogP contribution in [0.25, 0.3) is 0 Å². The molecule has 0 aliphatic heterocycles. The number of methoxy groups -OCH3 is 1. The molecule has 0 saturated heterocycles. The first-order valence-corrected chi connectivity index (χ1v) is 3.58. The fraction of sp³-hybridized carbons (Fsp3) is 0.250. The van der Waals surface area contributed by atoms with Gasteiger partial charge in [-0.2, -0.15) is 0 Å². The van der Waals surface area contributed by atoms with Crippen LogP contribution in [0, 0.1) is 5.82 Å². The first kappa shape index (κ1) is 10.5. The molecule has 0 aromatic carbocycles. The van der Waals surface area contributed by atoms with Crippen LogP contribution in [-0.4, -0.2) is 18.4 Å². The van der Waals surface area contributed by atoms with Gasteiger partial charge in [-0.25, -0.2) is 18.2 Å². The van der Waals surface area contributed by atoms with Gasteiger partial charge in [0.1, 0.15) is 11.5 Å². The van der Waals surface area contributed by atoms with Gasteiger partial charge in [0.05, 0.1) is 12.7 Å². The average molecular weight is 205 g/mol. The highest BCUT2D eigenvalue weighted by molar-refractivity contribution is 5.77. The Morgan fingerprint density at radius 1 is 1.57 bits per heavy atom. The summed E-state index contributed by atoms with van der Waals surface area (Å²) < 4.78 is 42.0. The molecule has 14 heavy (non-hydrogen) atoms. The Bertz CT molecular complexity index is 355. The van der Waals surface area contributed by atoms with E-state index in [-0.39, 0.29) is 12.2 Å². The molecular formula is C8H6F3NO2. The normalized spacial score (nSPS) is 10.4. The molecule has 0 amide bonds. The first-order chi connectivity index (χ1) is 6.60. The van der Waals surface area contributed by atoms with E-state index >= 15 is 0 Å². The van der Waals surface area contributed by atoms with Gasteiger partial charge in [0, 0.05) is 6.07 Å². The number of nitrogens with zero attached hydrogens (tertiary/aromatic N) is 1. The highest BCUT2D eigenvalue weighted by Gasteiger charge is 2.19. The maximum atomic E-state index is 13.0. The van der Waals surface area contributed by atoms with Crippen LogP contribution in [0.15, 0.2) is 6.07 Å². The Kier molecular flexibility index (Phi) is 3.06. The quantitative estimate of drug-likeness (QED) is 0.708. The molecule has 6 heteroatoms. The summed E-state index contributed by atoms with van der Waals surface area (Å²) in [6.07, 6.45) is -3.01. The van der Waals surface area contributed by atoms with E-state index in [0.717, 1.165) is 13.2 Å². The summed E-state index contributed by atoms with van der Waals surface area (Å²) in [5.74, 6) is -1.36. The molecular weight excluding hydrogens is 199 g/mol.